The van der Waals surface area contributed by atoms with Gasteiger partial charge in [-0.3, -0.25) is 0 Å². The number of nitriles is 1. The van der Waals surface area contributed by atoms with Gasteiger partial charge in [0.15, 0.2) is 6.10 Å². The van der Waals surface area contributed by atoms with Crippen LogP contribution in [0.1, 0.15) is 23.7 Å². The van der Waals surface area contributed by atoms with Gasteiger partial charge in [0.1, 0.15) is 0 Å². The smallest absolute Gasteiger partial charge is 0.371 e. The van der Waals surface area contributed by atoms with E-state index in [-0.39, 0.29) is 19.6 Å². The Kier molecular flexibility index (Phi) is 4.08. The molecule has 19 heavy (non-hydrogen) atoms. The van der Waals surface area contributed by atoms with Crippen LogP contribution in [0.5, 0.6) is 0 Å². The molecule has 3 nitrogen and oxygen atoms in total. The van der Waals surface area contributed by atoms with Crippen molar-refractivity contribution < 1.29 is 22.6 Å². The molecule has 2 atom stereocenters. The van der Waals surface area contributed by atoms with Crippen molar-refractivity contribution in [2.24, 2.45) is 0 Å². The molecular formula is C13H12F3NO2. The number of halogens is 3. The number of rotatable bonds is 1. The lowest BCUT2D eigenvalue weighted by Gasteiger charge is -2.21. The second-order valence-corrected chi connectivity index (χ2v) is 4.23. The average molecular weight is 271 g/mol. The van der Waals surface area contributed by atoms with Crippen LogP contribution in [-0.2, 0) is 9.47 Å². The highest BCUT2D eigenvalue weighted by Gasteiger charge is 2.43. The minimum Gasteiger partial charge on any atom is -0.371 e. The van der Waals surface area contributed by atoms with Crippen LogP contribution >= 0.6 is 0 Å². The monoisotopic (exact) mass is 271 g/mol. The first-order valence-corrected chi connectivity index (χ1v) is 5.80. The van der Waals surface area contributed by atoms with Crippen molar-refractivity contribution in [3.63, 3.8) is 0 Å². The van der Waals surface area contributed by atoms with Gasteiger partial charge in [0, 0.05) is 6.42 Å². The summed E-state index contributed by atoms with van der Waals surface area (Å²) in [5, 5.41) is 8.68. The molecule has 1 saturated heterocycles. The fraction of sp³-hybridized carbons (Fsp3) is 0.462. The minimum absolute atomic E-state index is 0.0725. The van der Waals surface area contributed by atoms with Gasteiger partial charge in [-0.2, -0.15) is 18.4 Å². The Bertz CT molecular complexity index is 464. The summed E-state index contributed by atoms with van der Waals surface area (Å²) in [4.78, 5) is 0. The minimum atomic E-state index is -4.39. The molecule has 0 aliphatic carbocycles. The molecule has 0 bridgehead atoms. The third kappa shape index (κ3) is 3.46. The Labute approximate surface area is 108 Å². The highest BCUT2D eigenvalue weighted by Crippen LogP contribution is 2.34. The molecule has 1 aromatic rings. The first-order chi connectivity index (χ1) is 9.00. The molecule has 0 radical (unpaired) electrons. The average Bonchev–Trinajstić information content (AvgIpc) is 2.64. The SMILES string of the molecule is N#Cc1ccc(C2CC(C(F)(F)F)OCCO2)cc1. The molecule has 1 aliphatic heterocycles. The van der Waals surface area contributed by atoms with E-state index in [1.807, 2.05) is 6.07 Å². The van der Waals surface area contributed by atoms with E-state index in [0.29, 0.717) is 11.1 Å². The molecule has 1 aliphatic rings. The fourth-order valence-corrected chi connectivity index (χ4v) is 1.94. The van der Waals surface area contributed by atoms with Crippen LogP contribution in [0, 0.1) is 11.3 Å². The van der Waals surface area contributed by atoms with Crippen LogP contribution in [-0.4, -0.2) is 25.5 Å². The van der Waals surface area contributed by atoms with Crippen molar-refractivity contribution in [3.05, 3.63) is 35.4 Å². The van der Waals surface area contributed by atoms with Gasteiger partial charge in [-0.1, -0.05) is 12.1 Å². The Morgan fingerprint density at radius 1 is 1.11 bits per heavy atom. The molecule has 0 spiro atoms. The third-order valence-corrected chi connectivity index (χ3v) is 2.93. The van der Waals surface area contributed by atoms with Crippen molar-refractivity contribution in [1.29, 1.82) is 5.26 Å². The maximum Gasteiger partial charge on any atom is 0.414 e. The zero-order chi connectivity index (χ0) is 13.9. The lowest BCUT2D eigenvalue weighted by Crippen LogP contribution is -2.32. The van der Waals surface area contributed by atoms with Gasteiger partial charge in [0.25, 0.3) is 0 Å². The van der Waals surface area contributed by atoms with Crippen molar-refractivity contribution in [2.45, 2.75) is 24.8 Å². The molecule has 102 valence electrons. The van der Waals surface area contributed by atoms with Crippen molar-refractivity contribution in [1.82, 2.24) is 0 Å². The molecule has 1 fully saturated rings. The maximum absolute atomic E-state index is 12.7. The summed E-state index contributed by atoms with van der Waals surface area (Å²) in [5.41, 5.74) is 1.08. The molecular weight excluding hydrogens is 259 g/mol. The summed E-state index contributed by atoms with van der Waals surface area (Å²) in [5.74, 6) is 0. The Balaban J connectivity index is 2.15. The van der Waals surface area contributed by atoms with Crippen LogP contribution in [0.25, 0.3) is 0 Å². The quantitative estimate of drug-likeness (QED) is 0.788. The molecule has 0 aromatic heterocycles. The Morgan fingerprint density at radius 3 is 2.32 bits per heavy atom. The highest BCUT2D eigenvalue weighted by molar-refractivity contribution is 5.32. The van der Waals surface area contributed by atoms with Crippen LogP contribution in [0.15, 0.2) is 24.3 Å². The topological polar surface area (TPSA) is 42.2 Å². The number of hydrogen-bond acceptors (Lipinski definition) is 3. The molecule has 0 N–H and O–H groups in total. The number of benzene rings is 1. The van der Waals surface area contributed by atoms with Gasteiger partial charge in [-0.05, 0) is 17.7 Å². The second kappa shape index (κ2) is 5.59. The first-order valence-electron chi connectivity index (χ1n) is 5.80. The van der Waals surface area contributed by atoms with E-state index in [4.69, 9.17) is 14.7 Å². The molecule has 1 heterocycles. The molecule has 0 saturated carbocycles. The van der Waals surface area contributed by atoms with Crippen molar-refractivity contribution >= 4 is 0 Å². The summed E-state index contributed by atoms with van der Waals surface area (Å²) in [7, 11) is 0. The second-order valence-electron chi connectivity index (χ2n) is 4.23. The lowest BCUT2D eigenvalue weighted by molar-refractivity contribution is -0.220. The maximum atomic E-state index is 12.7. The first kappa shape index (κ1) is 13.8. The predicted octanol–water partition coefficient (Wildman–Crippen LogP) is 2.97. The standard InChI is InChI=1S/C13H12F3NO2/c14-13(15,16)12-7-11(18-5-6-19-12)10-3-1-9(8-17)2-4-10/h1-4,11-12H,5-7H2. The molecule has 0 amide bonds. The van der Waals surface area contributed by atoms with E-state index in [1.165, 1.54) is 0 Å². The Morgan fingerprint density at radius 2 is 1.74 bits per heavy atom. The van der Waals surface area contributed by atoms with Crippen molar-refractivity contribution in [2.75, 3.05) is 13.2 Å². The molecule has 2 unspecified atom stereocenters. The Hall–Kier alpha value is -1.58. The van der Waals surface area contributed by atoms with Gasteiger partial charge >= 0.3 is 6.18 Å². The van der Waals surface area contributed by atoms with Crippen molar-refractivity contribution in [3.8, 4) is 6.07 Å². The van der Waals surface area contributed by atoms with Crippen LogP contribution < -0.4 is 0 Å². The zero-order valence-electron chi connectivity index (χ0n) is 9.98. The summed E-state index contributed by atoms with van der Waals surface area (Å²) in [6.45, 7) is 0.0498. The fourth-order valence-electron chi connectivity index (χ4n) is 1.94. The highest BCUT2D eigenvalue weighted by atomic mass is 19.4. The molecule has 6 heteroatoms. The predicted molar refractivity (Wildman–Crippen MR) is 60.3 cm³/mol. The van der Waals surface area contributed by atoms with E-state index in [0.717, 1.165) is 0 Å². The molecule has 1 aromatic carbocycles. The largest absolute Gasteiger partial charge is 0.414 e. The van der Waals surface area contributed by atoms with Gasteiger partial charge in [0.2, 0.25) is 0 Å². The number of ether oxygens (including phenoxy) is 2. The number of hydrogen-bond donors (Lipinski definition) is 0. The van der Waals surface area contributed by atoms with Crippen LogP contribution in [0.3, 0.4) is 0 Å². The van der Waals surface area contributed by atoms with Gasteiger partial charge < -0.3 is 9.47 Å². The number of nitrogens with zero attached hydrogens (tertiary/aromatic N) is 1. The normalized spacial score (nSPS) is 24.5. The summed E-state index contributed by atoms with van der Waals surface area (Å²) >= 11 is 0. The van der Waals surface area contributed by atoms with E-state index >= 15 is 0 Å². The van der Waals surface area contributed by atoms with Crippen LogP contribution in [0.4, 0.5) is 13.2 Å². The van der Waals surface area contributed by atoms with Crippen LogP contribution in [0.2, 0.25) is 0 Å². The van der Waals surface area contributed by atoms with E-state index in [1.54, 1.807) is 24.3 Å². The summed E-state index contributed by atoms with van der Waals surface area (Å²) in [6, 6.07) is 8.31. The summed E-state index contributed by atoms with van der Waals surface area (Å²) < 4.78 is 48.3. The summed E-state index contributed by atoms with van der Waals surface area (Å²) in [6.07, 6.45) is -7.13. The van der Waals surface area contributed by atoms with E-state index < -0.39 is 18.4 Å². The zero-order valence-corrected chi connectivity index (χ0v) is 9.98. The molecule has 2 rings (SSSR count). The third-order valence-electron chi connectivity index (χ3n) is 2.93. The van der Waals surface area contributed by atoms with E-state index in [2.05, 4.69) is 0 Å². The number of alkyl halides is 3. The van der Waals surface area contributed by atoms with Gasteiger partial charge in [-0.25, -0.2) is 0 Å². The van der Waals surface area contributed by atoms with E-state index in [9.17, 15) is 13.2 Å². The lowest BCUT2D eigenvalue weighted by atomic mass is 10.0. The van der Waals surface area contributed by atoms with Gasteiger partial charge in [0.05, 0.1) is 31.0 Å². The van der Waals surface area contributed by atoms with Gasteiger partial charge in [-0.15, -0.1) is 0 Å².